The summed E-state index contributed by atoms with van der Waals surface area (Å²) in [5.74, 6) is 0.678. The van der Waals surface area contributed by atoms with Crippen molar-refractivity contribution in [1.29, 1.82) is 0 Å². The van der Waals surface area contributed by atoms with Crippen molar-refractivity contribution in [3.63, 3.8) is 0 Å². The molecule has 4 rings (SSSR count). The van der Waals surface area contributed by atoms with E-state index in [0.717, 1.165) is 21.5 Å². The first-order valence-corrected chi connectivity index (χ1v) is 7.58. The van der Waals surface area contributed by atoms with Crippen LogP contribution in [0.4, 0.5) is 0 Å². The molecule has 1 aromatic carbocycles. The van der Waals surface area contributed by atoms with E-state index in [4.69, 9.17) is 16.6 Å². The van der Waals surface area contributed by atoms with Gasteiger partial charge in [0, 0.05) is 28.4 Å². The molecule has 0 unspecified atom stereocenters. The molecule has 2 nitrogen and oxygen atoms in total. The Morgan fingerprint density at radius 3 is 2.89 bits per heavy atom. The van der Waals surface area contributed by atoms with Crippen molar-refractivity contribution in [2.45, 2.75) is 18.8 Å². The van der Waals surface area contributed by atoms with E-state index in [9.17, 15) is 0 Å². The second-order valence-corrected chi connectivity index (χ2v) is 6.12. The third-order valence-corrected chi connectivity index (χ3v) is 4.63. The minimum atomic E-state index is 0.676. The van der Waals surface area contributed by atoms with Crippen molar-refractivity contribution in [2.75, 3.05) is 0 Å². The average molecular weight is 287 g/mol. The number of nitrogens with zero attached hydrogens (tertiary/aromatic N) is 2. The van der Waals surface area contributed by atoms with Crippen molar-refractivity contribution in [2.24, 2.45) is 0 Å². The van der Waals surface area contributed by atoms with Gasteiger partial charge in [-0.05, 0) is 18.9 Å². The first kappa shape index (κ1) is 11.4. The summed E-state index contributed by atoms with van der Waals surface area (Å²) in [6.07, 6.45) is 4.26. The van der Waals surface area contributed by atoms with Gasteiger partial charge < -0.3 is 0 Å². The van der Waals surface area contributed by atoms with Gasteiger partial charge in [0.15, 0.2) is 0 Å². The molecule has 1 aliphatic carbocycles. The monoisotopic (exact) mass is 286 g/mol. The summed E-state index contributed by atoms with van der Waals surface area (Å²) in [5, 5.41) is 4.92. The Morgan fingerprint density at radius 1 is 1.21 bits per heavy atom. The predicted molar refractivity (Wildman–Crippen MR) is 79.8 cm³/mol. The third-order valence-electron chi connectivity index (χ3n) is 3.46. The molecule has 1 fully saturated rings. The highest BCUT2D eigenvalue weighted by atomic mass is 35.5. The topological polar surface area (TPSA) is 25.8 Å². The predicted octanol–water partition coefficient (Wildman–Crippen LogP) is 4.89. The number of para-hydroxylation sites is 1. The minimum absolute atomic E-state index is 0.676. The van der Waals surface area contributed by atoms with Gasteiger partial charge in [-0.25, -0.2) is 4.98 Å². The lowest BCUT2D eigenvalue weighted by atomic mass is 10.1. The van der Waals surface area contributed by atoms with Gasteiger partial charge in [0.25, 0.3) is 0 Å². The molecule has 1 saturated carbocycles. The fraction of sp³-hybridized carbons (Fsp3) is 0.200. The van der Waals surface area contributed by atoms with Crippen LogP contribution in [0.15, 0.2) is 35.8 Å². The van der Waals surface area contributed by atoms with Crippen molar-refractivity contribution in [1.82, 2.24) is 9.97 Å². The highest BCUT2D eigenvalue weighted by Crippen LogP contribution is 2.43. The molecule has 3 aromatic rings. The van der Waals surface area contributed by atoms with Gasteiger partial charge in [-0.2, -0.15) is 0 Å². The van der Waals surface area contributed by atoms with Crippen LogP contribution >= 0.6 is 22.9 Å². The van der Waals surface area contributed by atoms with Crippen LogP contribution in [0, 0.1) is 0 Å². The van der Waals surface area contributed by atoms with Gasteiger partial charge >= 0.3 is 0 Å². The molecule has 0 spiro atoms. The van der Waals surface area contributed by atoms with Crippen molar-refractivity contribution >= 4 is 33.8 Å². The average Bonchev–Trinajstić information content (AvgIpc) is 3.18. The number of hydrogen-bond acceptors (Lipinski definition) is 3. The normalized spacial score (nSPS) is 15.0. The molecule has 2 heterocycles. The molecular weight excluding hydrogens is 276 g/mol. The summed E-state index contributed by atoms with van der Waals surface area (Å²) >= 11 is 8.02. The highest BCUT2D eigenvalue weighted by molar-refractivity contribution is 7.13. The van der Waals surface area contributed by atoms with Crippen LogP contribution in [0.25, 0.3) is 21.5 Å². The van der Waals surface area contributed by atoms with E-state index in [1.54, 1.807) is 17.5 Å². The Kier molecular flexibility index (Phi) is 2.57. The smallest absolute Gasteiger partial charge is 0.125 e. The lowest BCUT2D eigenvalue weighted by Gasteiger charge is -2.05. The van der Waals surface area contributed by atoms with Crippen LogP contribution in [-0.4, -0.2) is 9.97 Å². The maximum atomic E-state index is 6.35. The molecular formula is C15H11ClN2S. The Balaban J connectivity index is 1.94. The quantitative estimate of drug-likeness (QED) is 0.670. The van der Waals surface area contributed by atoms with E-state index in [-0.39, 0.29) is 0 Å². The van der Waals surface area contributed by atoms with E-state index in [0.29, 0.717) is 10.9 Å². The van der Waals surface area contributed by atoms with Crippen molar-refractivity contribution in [3.8, 4) is 10.6 Å². The molecule has 0 amide bonds. The number of hydrogen-bond donors (Lipinski definition) is 0. The van der Waals surface area contributed by atoms with Gasteiger partial charge in [0.05, 0.1) is 16.2 Å². The molecule has 2 aromatic heterocycles. The fourth-order valence-corrected chi connectivity index (χ4v) is 3.57. The first-order valence-electron chi connectivity index (χ1n) is 6.32. The van der Waals surface area contributed by atoms with E-state index in [1.165, 1.54) is 18.5 Å². The molecule has 0 atom stereocenters. The van der Waals surface area contributed by atoms with Gasteiger partial charge in [-0.15, -0.1) is 11.3 Å². The lowest BCUT2D eigenvalue weighted by molar-refractivity contribution is 1.05. The first-order chi connectivity index (χ1) is 9.33. The zero-order valence-corrected chi connectivity index (χ0v) is 11.7. The summed E-state index contributed by atoms with van der Waals surface area (Å²) in [5.41, 5.74) is 3.20. The largest absolute Gasteiger partial charge is 0.255 e. The molecule has 0 aliphatic heterocycles. The highest BCUT2D eigenvalue weighted by Gasteiger charge is 2.26. The van der Waals surface area contributed by atoms with Crippen LogP contribution in [-0.2, 0) is 0 Å². The van der Waals surface area contributed by atoms with Crippen LogP contribution < -0.4 is 0 Å². The number of pyridine rings is 1. The molecule has 0 bridgehead atoms. The molecule has 0 radical (unpaired) electrons. The molecule has 4 heteroatoms. The van der Waals surface area contributed by atoms with E-state index in [2.05, 4.69) is 16.4 Å². The summed E-state index contributed by atoms with van der Waals surface area (Å²) < 4.78 is 0. The number of halogens is 1. The number of rotatable bonds is 2. The van der Waals surface area contributed by atoms with Crippen LogP contribution in [0.5, 0.6) is 0 Å². The SMILES string of the molecule is Clc1cnc2ccccc2c1-c1nc(C2CC2)cs1. The maximum absolute atomic E-state index is 6.35. The lowest BCUT2D eigenvalue weighted by Crippen LogP contribution is -1.86. The summed E-state index contributed by atoms with van der Waals surface area (Å²) in [6.45, 7) is 0. The molecule has 19 heavy (non-hydrogen) atoms. The van der Waals surface area contributed by atoms with Crippen LogP contribution in [0.2, 0.25) is 5.02 Å². The second-order valence-electron chi connectivity index (χ2n) is 4.85. The number of benzene rings is 1. The minimum Gasteiger partial charge on any atom is -0.255 e. The fourth-order valence-electron chi connectivity index (χ4n) is 2.30. The second kappa shape index (κ2) is 4.29. The van der Waals surface area contributed by atoms with E-state index in [1.807, 2.05) is 18.2 Å². The van der Waals surface area contributed by atoms with E-state index < -0.39 is 0 Å². The number of fused-ring (bicyclic) bond motifs is 1. The summed E-state index contributed by atoms with van der Waals surface area (Å²) in [6, 6.07) is 8.07. The Bertz CT molecular complexity index is 762. The molecule has 1 aliphatic rings. The third kappa shape index (κ3) is 1.94. The zero-order chi connectivity index (χ0) is 12.8. The van der Waals surface area contributed by atoms with Crippen molar-refractivity contribution in [3.05, 3.63) is 46.6 Å². The number of aromatic nitrogens is 2. The molecule has 94 valence electrons. The standard InChI is InChI=1S/C15H11ClN2S/c16-11-7-17-12-4-2-1-3-10(12)14(11)15-18-13(8-19-15)9-5-6-9/h1-4,7-9H,5-6H2. The Morgan fingerprint density at radius 2 is 2.05 bits per heavy atom. The molecule has 0 N–H and O–H groups in total. The van der Waals surface area contributed by atoms with Gasteiger partial charge in [-0.3, -0.25) is 4.98 Å². The van der Waals surface area contributed by atoms with Gasteiger partial charge in [0.1, 0.15) is 5.01 Å². The number of thiazole rings is 1. The Labute approximate surface area is 120 Å². The van der Waals surface area contributed by atoms with Gasteiger partial charge in [-0.1, -0.05) is 29.8 Å². The Hall–Kier alpha value is -1.45. The zero-order valence-electron chi connectivity index (χ0n) is 10.1. The maximum Gasteiger partial charge on any atom is 0.125 e. The molecule has 0 saturated heterocycles. The van der Waals surface area contributed by atoms with Crippen LogP contribution in [0.3, 0.4) is 0 Å². The summed E-state index contributed by atoms with van der Waals surface area (Å²) in [7, 11) is 0. The van der Waals surface area contributed by atoms with E-state index >= 15 is 0 Å². The van der Waals surface area contributed by atoms with Crippen LogP contribution in [0.1, 0.15) is 24.5 Å². The summed E-state index contributed by atoms with van der Waals surface area (Å²) in [4.78, 5) is 9.13. The van der Waals surface area contributed by atoms with Gasteiger partial charge in [0.2, 0.25) is 0 Å². The van der Waals surface area contributed by atoms with Crippen molar-refractivity contribution < 1.29 is 0 Å².